The Hall–Kier alpha value is -0.490. The zero-order valence-electron chi connectivity index (χ0n) is 9.86. The van der Waals surface area contributed by atoms with Crippen LogP contribution in [0.5, 0.6) is 0 Å². The first-order valence-corrected chi connectivity index (χ1v) is 8.52. The molecule has 1 aromatic rings. The third-order valence-corrected chi connectivity index (χ3v) is 5.58. The highest BCUT2D eigenvalue weighted by Crippen LogP contribution is 2.35. The number of nitrogens with zero attached hydrogens (tertiary/aromatic N) is 1. The number of amides is 1. The van der Waals surface area contributed by atoms with Gasteiger partial charge < -0.3 is 4.90 Å². The summed E-state index contributed by atoms with van der Waals surface area (Å²) in [6.45, 7) is 1.78. The second-order valence-electron chi connectivity index (χ2n) is 4.36. The second kappa shape index (κ2) is 5.13. The van der Waals surface area contributed by atoms with Crippen molar-refractivity contribution in [1.82, 2.24) is 0 Å². The molecule has 1 aliphatic rings. The van der Waals surface area contributed by atoms with Crippen LogP contribution in [0.4, 0.5) is 5.69 Å². The number of hydrogen-bond donors (Lipinski definition) is 0. The lowest BCUT2D eigenvalue weighted by atomic mass is 10.2. The van der Waals surface area contributed by atoms with Gasteiger partial charge in [-0.25, -0.2) is 8.42 Å². The fourth-order valence-electron chi connectivity index (χ4n) is 1.95. The summed E-state index contributed by atoms with van der Waals surface area (Å²) >= 11 is 12.0. The highest BCUT2D eigenvalue weighted by molar-refractivity contribution is 8.14. The van der Waals surface area contributed by atoms with Crippen molar-refractivity contribution in [3.63, 3.8) is 0 Å². The van der Waals surface area contributed by atoms with E-state index in [4.69, 9.17) is 33.9 Å². The minimum atomic E-state index is -3.77. The van der Waals surface area contributed by atoms with Gasteiger partial charge in [-0.3, -0.25) is 4.79 Å². The molecule has 19 heavy (non-hydrogen) atoms. The van der Waals surface area contributed by atoms with E-state index in [1.807, 2.05) is 0 Å². The lowest BCUT2D eigenvalue weighted by molar-refractivity contribution is -0.117. The van der Waals surface area contributed by atoms with Crippen LogP contribution in [0.1, 0.15) is 12.0 Å². The smallest absolute Gasteiger partial charge is 0.237 e. The van der Waals surface area contributed by atoms with E-state index < -0.39 is 14.3 Å². The Balaban J connectivity index is 2.39. The zero-order chi connectivity index (χ0) is 14.4. The molecule has 1 aromatic carbocycles. The van der Waals surface area contributed by atoms with Crippen molar-refractivity contribution in [1.29, 1.82) is 0 Å². The van der Waals surface area contributed by atoms with Crippen LogP contribution in [0, 0.1) is 6.92 Å². The predicted octanol–water partition coefficient (Wildman–Crippen LogP) is 2.98. The molecule has 1 atom stereocenters. The maximum absolute atomic E-state index is 11.9. The summed E-state index contributed by atoms with van der Waals surface area (Å²) < 4.78 is 22.6. The number of rotatable bonds is 2. The highest BCUT2D eigenvalue weighted by atomic mass is 35.7. The van der Waals surface area contributed by atoms with Crippen LogP contribution in [0.15, 0.2) is 12.1 Å². The minimum Gasteiger partial charge on any atom is -0.310 e. The van der Waals surface area contributed by atoms with Crippen molar-refractivity contribution in [3.8, 4) is 0 Å². The van der Waals surface area contributed by atoms with Crippen molar-refractivity contribution in [2.45, 2.75) is 18.6 Å². The summed E-state index contributed by atoms with van der Waals surface area (Å²) in [5.74, 6) is -0.321. The van der Waals surface area contributed by atoms with E-state index in [-0.39, 0.29) is 18.9 Å². The molecule has 0 N–H and O–H groups in total. The molecular formula is C11H10Cl3NO3S. The van der Waals surface area contributed by atoms with Crippen molar-refractivity contribution < 1.29 is 13.2 Å². The van der Waals surface area contributed by atoms with Crippen molar-refractivity contribution in [2.75, 3.05) is 11.4 Å². The van der Waals surface area contributed by atoms with Crippen LogP contribution in [0.25, 0.3) is 0 Å². The Labute approximate surface area is 125 Å². The fourth-order valence-corrected chi connectivity index (χ4v) is 3.46. The van der Waals surface area contributed by atoms with Gasteiger partial charge in [0.1, 0.15) is 5.25 Å². The Morgan fingerprint density at radius 3 is 2.42 bits per heavy atom. The maximum atomic E-state index is 11.9. The number of aryl methyl sites for hydroxylation is 1. The van der Waals surface area contributed by atoms with Crippen LogP contribution < -0.4 is 4.90 Å². The summed E-state index contributed by atoms with van der Waals surface area (Å²) in [6.07, 6.45) is -0.135. The van der Waals surface area contributed by atoms with Gasteiger partial charge in [-0.05, 0) is 24.6 Å². The first-order chi connectivity index (χ1) is 8.70. The number of hydrogen-bond acceptors (Lipinski definition) is 3. The number of benzene rings is 1. The van der Waals surface area contributed by atoms with Gasteiger partial charge in [0.2, 0.25) is 15.0 Å². The molecule has 1 amide bonds. The SMILES string of the molecule is Cc1cc(N2CC(S(=O)(=O)Cl)CC2=O)c(Cl)cc1Cl. The molecule has 0 aliphatic carbocycles. The minimum absolute atomic E-state index is 0.00542. The predicted molar refractivity (Wildman–Crippen MR) is 76.7 cm³/mol. The average molecular weight is 343 g/mol. The summed E-state index contributed by atoms with van der Waals surface area (Å²) in [7, 11) is 1.53. The molecule has 104 valence electrons. The van der Waals surface area contributed by atoms with Crippen molar-refractivity contribution in [2.24, 2.45) is 0 Å². The molecule has 1 fully saturated rings. The van der Waals surface area contributed by atoms with Crippen LogP contribution in [-0.2, 0) is 13.8 Å². The summed E-state index contributed by atoms with van der Waals surface area (Å²) in [4.78, 5) is 13.2. The molecule has 0 radical (unpaired) electrons. The average Bonchev–Trinajstić information content (AvgIpc) is 2.65. The lowest BCUT2D eigenvalue weighted by Gasteiger charge is -2.18. The standard InChI is InChI=1S/C11H10Cl3NO3S/c1-6-2-10(9(13)4-8(6)12)15-5-7(3-11(15)16)19(14,17)18/h2,4,7H,3,5H2,1H3. The van der Waals surface area contributed by atoms with E-state index in [1.54, 1.807) is 13.0 Å². The van der Waals surface area contributed by atoms with Gasteiger partial charge in [0.05, 0.1) is 10.7 Å². The van der Waals surface area contributed by atoms with Gasteiger partial charge in [0.25, 0.3) is 0 Å². The topological polar surface area (TPSA) is 54.5 Å². The highest BCUT2D eigenvalue weighted by Gasteiger charge is 2.38. The van der Waals surface area contributed by atoms with Gasteiger partial charge in [-0.2, -0.15) is 0 Å². The third-order valence-electron chi connectivity index (χ3n) is 3.01. The van der Waals surface area contributed by atoms with Gasteiger partial charge in [-0.1, -0.05) is 23.2 Å². The lowest BCUT2D eigenvalue weighted by Crippen LogP contribution is -2.27. The normalized spacial score (nSPS) is 20.1. The van der Waals surface area contributed by atoms with Gasteiger partial charge >= 0.3 is 0 Å². The molecule has 1 aliphatic heterocycles. The van der Waals surface area contributed by atoms with E-state index in [2.05, 4.69) is 0 Å². The second-order valence-corrected chi connectivity index (χ2v) is 8.08. The van der Waals surface area contributed by atoms with Crippen LogP contribution >= 0.6 is 33.9 Å². The van der Waals surface area contributed by atoms with Crippen LogP contribution in [0.3, 0.4) is 0 Å². The number of anilines is 1. The Bertz CT molecular complexity index is 645. The molecule has 0 bridgehead atoms. The van der Waals surface area contributed by atoms with E-state index in [0.29, 0.717) is 15.7 Å². The van der Waals surface area contributed by atoms with Gasteiger partial charge in [0.15, 0.2) is 0 Å². The number of halogens is 3. The molecule has 1 heterocycles. The molecule has 0 aromatic heterocycles. The zero-order valence-corrected chi connectivity index (χ0v) is 12.9. The Morgan fingerprint density at radius 1 is 1.26 bits per heavy atom. The molecular weight excluding hydrogens is 333 g/mol. The summed E-state index contributed by atoms with van der Waals surface area (Å²) in [5.41, 5.74) is 1.21. The van der Waals surface area contributed by atoms with Crippen molar-refractivity contribution in [3.05, 3.63) is 27.7 Å². The van der Waals surface area contributed by atoms with E-state index >= 15 is 0 Å². The third kappa shape index (κ3) is 2.99. The molecule has 4 nitrogen and oxygen atoms in total. The first-order valence-electron chi connectivity index (χ1n) is 5.39. The first kappa shape index (κ1) is 14.9. The van der Waals surface area contributed by atoms with Crippen LogP contribution in [0.2, 0.25) is 10.0 Å². The Kier molecular flexibility index (Phi) is 4.02. The largest absolute Gasteiger partial charge is 0.310 e. The quantitative estimate of drug-likeness (QED) is 0.776. The summed E-state index contributed by atoms with van der Waals surface area (Å²) in [5, 5.41) is -0.118. The maximum Gasteiger partial charge on any atom is 0.237 e. The van der Waals surface area contributed by atoms with Gasteiger partial charge in [0, 0.05) is 28.7 Å². The van der Waals surface area contributed by atoms with Crippen LogP contribution in [-0.4, -0.2) is 26.1 Å². The molecule has 1 saturated heterocycles. The monoisotopic (exact) mass is 341 g/mol. The number of carbonyl (C=O) groups excluding carboxylic acids is 1. The summed E-state index contributed by atoms with van der Waals surface area (Å²) in [6, 6.07) is 3.19. The fraction of sp³-hybridized carbons (Fsp3) is 0.364. The Morgan fingerprint density at radius 2 is 1.89 bits per heavy atom. The van der Waals surface area contributed by atoms with E-state index in [9.17, 15) is 13.2 Å². The number of carbonyl (C=O) groups is 1. The molecule has 1 unspecified atom stereocenters. The van der Waals surface area contributed by atoms with Crippen molar-refractivity contribution >= 4 is 54.5 Å². The van der Waals surface area contributed by atoms with Gasteiger partial charge in [-0.15, -0.1) is 0 Å². The van der Waals surface area contributed by atoms with E-state index in [0.717, 1.165) is 5.56 Å². The molecule has 0 saturated carbocycles. The molecule has 0 spiro atoms. The molecule has 2 rings (SSSR count). The van der Waals surface area contributed by atoms with E-state index in [1.165, 1.54) is 11.0 Å². The molecule has 8 heteroatoms.